The molecule has 0 saturated carbocycles. The highest BCUT2D eigenvalue weighted by Gasteiger charge is 2.35. The molecule has 0 N–H and O–H groups in total. The zero-order valence-electron chi connectivity index (χ0n) is 19.6. The second kappa shape index (κ2) is 11.3. The molecule has 1 amide bonds. The van der Waals surface area contributed by atoms with Crippen molar-refractivity contribution in [1.29, 1.82) is 0 Å². The van der Waals surface area contributed by atoms with Crippen molar-refractivity contribution in [3.63, 3.8) is 0 Å². The average Bonchev–Trinajstić information content (AvgIpc) is 3.28. The summed E-state index contributed by atoms with van der Waals surface area (Å²) in [5.41, 5.74) is 1.19. The molecule has 188 valence electrons. The number of nitro benzene ring substituents is 1. The highest BCUT2D eigenvalue weighted by atomic mass is 16.6. The van der Waals surface area contributed by atoms with Gasteiger partial charge in [0.1, 0.15) is 5.75 Å². The van der Waals surface area contributed by atoms with Crippen LogP contribution in [0.1, 0.15) is 32.7 Å². The van der Waals surface area contributed by atoms with Crippen molar-refractivity contribution < 1.29 is 33.6 Å². The molecule has 4 rings (SSSR count). The third-order valence-corrected chi connectivity index (χ3v) is 5.81. The first kappa shape index (κ1) is 25.2. The molecule has 1 aliphatic heterocycles. The SMILES string of the molecule is O=C(COC(=O)[C@H]1CC(=O)N(Cc2ccccc2)C1)c1ccc(OC(=O)c2ccc([N+](=O)[O-])cc2)cc1. The Morgan fingerprint density at radius 1 is 0.919 bits per heavy atom. The summed E-state index contributed by atoms with van der Waals surface area (Å²) in [6, 6.07) is 20.1. The highest BCUT2D eigenvalue weighted by molar-refractivity contribution is 5.98. The number of rotatable bonds is 9. The van der Waals surface area contributed by atoms with Crippen LogP contribution < -0.4 is 4.74 Å². The van der Waals surface area contributed by atoms with Crippen molar-refractivity contribution >= 4 is 29.3 Å². The summed E-state index contributed by atoms with van der Waals surface area (Å²) in [7, 11) is 0. The van der Waals surface area contributed by atoms with Gasteiger partial charge in [-0.1, -0.05) is 30.3 Å². The molecule has 0 unspecified atom stereocenters. The molecule has 1 fully saturated rings. The van der Waals surface area contributed by atoms with Gasteiger partial charge in [0.05, 0.1) is 16.4 Å². The quantitative estimate of drug-likeness (QED) is 0.143. The maximum atomic E-state index is 12.5. The molecular weight excluding hydrogens is 480 g/mol. The molecule has 3 aromatic carbocycles. The fourth-order valence-electron chi connectivity index (χ4n) is 3.82. The minimum atomic E-state index is -0.713. The van der Waals surface area contributed by atoms with E-state index in [2.05, 4.69) is 0 Å². The third-order valence-electron chi connectivity index (χ3n) is 5.81. The Morgan fingerprint density at radius 3 is 2.22 bits per heavy atom. The Hall–Kier alpha value is -4.86. The van der Waals surface area contributed by atoms with Crippen molar-refractivity contribution in [1.82, 2.24) is 4.90 Å². The predicted octanol–water partition coefficient (Wildman–Crippen LogP) is 3.59. The minimum Gasteiger partial charge on any atom is -0.457 e. The lowest BCUT2D eigenvalue weighted by Gasteiger charge is -2.16. The van der Waals surface area contributed by atoms with Gasteiger partial charge in [0.15, 0.2) is 12.4 Å². The Morgan fingerprint density at radius 2 is 1.57 bits per heavy atom. The molecule has 0 spiro atoms. The van der Waals surface area contributed by atoms with Gasteiger partial charge in [-0.25, -0.2) is 4.79 Å². The van der Waals surface area contributed by atoms with E-state index in [0.29, 0.717) is 6.54 Å². The summed E-state index contributed by atoms with van der Waals surface area (Å²) in [6.45, 7) is 0.156. The number of esters is 2. The van der Waals surface area contributed by atoms with Crippen LogP contribution >= 0.6 is 0 Å². The van der Waals surface area contributed by atoms with Crippen molar-refractivity contribution in [3.8, 4) is 5.75 Å². The maximum absolute atomic E-state index is 12.5. The number of non-ortho nitro benzene ring substituents is 1. The number of likely N-dealkylation sites (tertiary alicyclic amines) is 1. The summed E-state index contributed by atoms with van der Waals surface area (Å²) >= 11 is 0. The summed E-state index contributed by atoms with van der Waals surface area (Å²) in [4.78, 5) is 61.1. The molecule has 1 atom stereocenters. The molecule has 0 bridgehead atoms. The van der Waals surface area contributed by atoms with Crippen LogP contribution in [0.2, 0.25) is 0 Å². The molecule has 3 aromatic rings. The van der Waals surface area contributed by atoms with Crippen molar-refractivity contribution in [2.75, 3.05) is 13.2 Å². The third kappa shape index (κ3) is 6.43. The number of benzene rings is 3. The summed E-state index contributed by atoms with van der Waals surface area (Å²) in [6.07, 6.45) is 0.0364. The number of ether oxygens (including phenoxy) is 2. The van der Waals surface area contributed by atoms with E-state index in [4.69, 9.17) is 9.47 Å². The number of Topliss-reactive ketones (excluding diaryl/α,β-unsaturated/α-hetero) is 1. The molecular formula is C27H22N2O8. The zero-order chi connectivity index (χ0) is 26.4. The molecule has 0 radical (unpaired) electrons. The summed E-state index contributed by atoms with van der Waals surface area (Å²) < 4.78 is 10.4. The Kier molecular flexibility index (Phi) is 7.68. The van der Waals surface area contributed by atoms with Gasteiger partial charge >= 0.3 is 11.9 Å². The Balaban J connectivity index is 1.26. The summed E-state index contributed by atoms with van der Waals surface area (Å²) in [5, 5.41) is 10.7. The van der Waals surface area contributed by atoms with E-state index in [0.717, 1.165) is 5.56 Å². The lowest BCUT2D eigenvalue weighted by atomic mass is 10.1. The fraction of sp³-hybridized carbons (Fsp3) is 0.185. The van der Waals surface area contributed by atoms with Crippen LogP contribution in [0.15, 0.2) is 78.9 Å². The topological polar surface area (TPSA) is 133 Å². The number of carbonyl (C=O) groups excluding carboxylic acids is 4. The average molecular weight is 502 g/mol. The maximum Gasteiger partial charge on any atom is 0.343 e. The number of hydrogen-bond donors (Lipinski definition) is 0. The van der Waals surface area contributed by atoms with Gasteiger partial charge in [0.2, 0.25) is 5.91 Å². The van der Waals surface area contributed by atoms with Crippen molar-refractivity contribution in [3.05, 3.63) is 106 Å². The number of ketones is 1. The van der Waals surface area contributed by atoms with Crippen LogP contribution in [0, 0.1) is 16.0 Å². The van der Waals surface area contributed by atoms with Crippen LogP contribution in [-0.4, -0.2) is 46.6 Å². The standard InChI is InChI=1S/C27H22N2O8/c30-24(17-36-26(32)21-14-25(31)28(16-21)15-18-4-2-1-3-5-18)19-8-12-23(13-9-19)37-27(33)20-6-10-22(11-7-20)29(34)35/h1-13,21H,14-17H2/t21-/m0/s1. The van der Waals surface area contributed by atoms with Crippen LogP contribution in [0.4, 0.5) is 5.69 Å². The van der Waals surface area contributed by atoms with Crippen LogP contribution in [0.25, 0.3) is 0 Å². The molecule has 10 heteroatoms. The minimum absolute atomic E-state index is 0.0364. The molecule has 10 nitrogen and oxygen atoms in total. The van der Waals surface area contributed by atoms with E-state index in [9.17, 15) is 29.3 Å². The monoisotopic (exact) mass is 502 g/mol. The van der Waals surface area contributed by atoms with E-state index in [1.807, 2.05) is 30.3 Å². The largest absolute Gasteiger partial charge is 0.457 e. The first-order chi connectivity index (χ1) is 17.8. The fourth-order valence-corrected chi connectivity index (χ4v) is 3.82. The lowest BCUT2D eigenvalue weighted by molar-refractivity contribution is -0.384. The van der Waals surface area contributed by atoms with Gasteiger partial charge in [-0.2, -0.15) is 0 Å². The zero-order valence-corrected chi connectivity index (χ0v) is 19.6. The summed E-state index contributed by atoms with van der Waals surface area (Å²) in [5.74, 6) is -2.38. The molecule has 1 saturated heterocycles. The molecule has 0 aliphatic carbocycles. The number of nitro groups is 1. The number of nitrogens with zero attached hydrogens (tertiary/aromatic N) is 2. The van der Waals surface area contributed by atoms with E-state index >= 15 is 0 Å². The first-order valence-electron chi connectivity index (χ1n) is 11.4. The van der Waals surface area contributed by atoms with Crippen LogP contribution in [0.3, 0.4) is 0 Å². The van der Waals surface area contributed by atoms with E-state index in [-0.39, 0.29) is 41.4 Å². The van der Waals surface area contributed by atoms with Crippen LogP contribution in [0.5, 0.6) is 5.75 Å². The second-order valence-electron chi connectivity index (χ2n) is 8.41. The number of amides is 1. The van der Waals surface area contributed by atoms with Gasteiger partial charge in [-0.15, -0.1) is 0 Å². The predicted molar refractivity (Wildman–Crippen MR) is 130 cm³/mol. The van der Waals surface area contributed by atoms with Gasteiger partial charge in [-0.3, -0.25) is 24.5 Å². The Labute approximate surface area is 211 Å². The van der Waals surface area contributed by atoms with Crippen molar-refractivity contribution in [2.24, 2.45) is 5.92 Å². The van der Waals surface area contributed by atoms with E-state index < -0.39 is 35.2 Å². The molecule has 37 heavy (non-hydrogen) atoms. The smallest absolute Gasteiger partial charge is 0.343 e. The number of hydrogen-bond acceptors (Lipinski definition) is 8. The van der Waals surface area contributed by atoms with Crippen molar-refractivity contribution in [2.45, 2.75) is 13.0 Å². The molecule has 1 aliphatic rings. The van der Waals surface area contributed by atoms with Gasteiger partial charge in [0, 0.05) is 37.2 Å². The first-order valence-corrected chi connectivity index (χ1v) is 11.4. The normalized spacial score (nSPS) is 14.8. The molecule has 0 aromatic heterocycles. The van der Waals surface area contributed by atoms with Gasteiger partial charge in [0.25, 0.3) is 5.69 Å². The Bertz CT molecular complexity index is 1320. The second-order valence-corrected chi connectivity index (χ2v) is 8.41. The lowest BCUT2D eigenvalue weighted by Crippen LogP contribution is -2.27. The van der Waals surface area contributed by atoms with Gasteiger partial charge in [-0.05, 0) is 42.0 Å². The van der Waals surface area contributed by atoms with E-state index in [1.165, 1.54) is 48.5 Å². The van der Waals surface area contributed by atoms with Crippen LogP contribution in [-0.2, 0) is 20.9 Å². The van der Waals surface area contributed by atoms with E-state index in [1.54, 1.807) is 4.90 Å². The molecule has 1 heterocycles. The highest BCUT2D eigenvalue weighted by Crippen LogP contribution is 2.22. The number of carbonyl (C=O) groups is 4. The van der Waals surface area contributed by atoms with Gasteiger partial charge < -0.3 is 14.4 Å².